The molecule has 180 valence electrons. The fraction of sp³-hybridized carbons (Fsp3) is 0.417. The van der Waals surface area contributed by atoms with Crippen LogP contribution < -0.4 is 14.2 Å². The number of piperazine rings is 1. The molecule has 10 nitrogen and oxygen atoms in total. The number of ether oxygens (including phenoxy) is 3. The van der Waals surface area contributed by atoms with Gasteiger partial charge >= 0.3 is 0 Å². The van der Waals surface area contributed by atoms with Gasteiger partial charge in [-0.2, -0.15) is 4.68 Å². The van der Waals surface area contributed by atoms with Crippen LogP contribution in [0.25, 0.3) is 5.69 Å². The SMILES string of the molecule is CCOc1ccc(OCC(=O)N2CCN(Cc3nnnn3-c3ccc(OCC)cc3)CC2)cc1. The fourth-order valence-corrected chi connectivity index (χ4v) is 3.75. The van der Waals surface area contributed by atoms with E-state index in [2.05, 4.69) is 20.4 Å². The number of amides is 1. The zero-order chi connectivity index (χ0) is 23.8. The lowest BCUT2D eigenvalue weighted by Crippen LogP contribution is -2.49. The van der Waals surface area contributed by atoms with E-state index >= 15 is 0 Å². The van der Waals surface area contributed by atoms with Crippen molar-refractivity contribution in [2.75, 3.05) is 46.0 Å². The summed E-state index contributed by atoms with van der Waals surface area (Å²) in [5.74, 6) is 2.98. The Bertz CT molecular complexity index is 1050. The Morgan fingerprint density at radius 3 is 1.97 bits per heavy atom. The minimum atomic E-state index is -0.0206. The van der Waals surface area contributed by atoms with Crippen LogP contribution in [0.5, 0.6) is 17.2 Å². The molecule has 2 aromatic carbocycles. The third-order valence-corrected chi connectivity index (χ3v) is 5.51. The molecule has 0 spiro atoms. The molecule has 3 aromatic rings. The first-order valence-electron chi connectivity index (χ1n) is 11.5. The van der Waals surface area contributed by atoms with Gasteiger partial charge in [-0.05, 0) is 72.8 Å². The number of aromatic nitrogens is 4. The van der Waals surface area contributed by atoms with E-state index in [0.29, 0.717) is 38.6 Å². The van der Waals surface area contributed by atoms with Gasteiger partial charge in [0.15, 0.2) is 12.4 Å². The van der Waals surface area contributed by atoms with E-state index in [1.807, 2.05) is 67.3 Å². The molecule has 0 bridgehead atoms. The van der Waals surface area contributed by atoms with Crippen LogP contribution in [0.3, 0.4) is 0 Å². The summed E-state index contributed by atoms with van der Waals surface area (Å²) in [5.41, 5.74) is 0.878. The topological polar surface area (TPSA) is 94.8 Å². The summed E-state index contributed by atoms with van der Waals surface area (Å²) in [6.07, 6.45) is 0. The lowest BCUT2D eigenvalue weighted by molar-refractivity contribution is -0.135. The predicted octanol–water partition coefficient (Wildman–Crippen LogP) is 2.18. The zero-order valence-electron chi connectivity index (χ0n) is 19.6. The fourth-order valence-electron chi connectivity index (χ4n) is 3.75. The third-order valence-electron chi connectivity index (χ3n) is 5.51. The molecule has 1 aliphatic heterocycles. The number of benzene rings is 2. The summed E-state index contributed by atoms with van der Waals surface area (Å²) in [5, 5.41) is 12.2. The van der Waals surface area contributed by atoms with E-state index < -0.39 is 0 Å². The highest BCUT2D eigenvalue weighted by atomic mass is 16.5. The van der Waals surface area contributed by atoms with E-state index in [1.165, 1.54) is 0 Å². The number of nitrogens with zero attached hydrogens (tertiary/aromatic N) is 6. The Hall–Kier alpha value is -3.66. The Kier molecular flexibility index (Phi) is 7.92. The standard InChI is InChI=1S/C24H30N6O4/c1-3-32-20-7-5-19(6-8-20)30-23(25-26-27-30)17-28-13-15-29(16-14-28)24(31)18-34-22-11-9-21(10-12-22)33-4-2/h5-12H,3-4,13-18H2,1-2H3. The normalized spacial score (nSPS) is 14.1. The lowest BCUT2D eigenvalue weighted by atomic mass is 10.3. The van der Waals surface area contributed by atoms with Crippen LogP contribution in [0.4, 0.5) is 0 Å². The maximum absolute atomic E-state index is 12.6. The molecule has 10 heteroatoms. The van der Waals surface area contributed by atoms with Gasteiger partial charge in [0.1, 0.15) is 17.2 Å². The van der Waals surface area contributed by atoms with Gasteiger partial charge in [0.25, 0.3) is 5.91 Å². The monoisotopic (exact) mass is 466 g/mol. The van der Waals surface area contributed by atoms with Crippen molar-refractivity contribution in [1.29, 1.82) is 0 Å². The summed E-state index contributed by atoms with van der Waals surface area (Å²) < 4.78 is 18.3. The molecule has 0 saturated carbocycles. The Morgan fingerprint density at radius 2 is 1.38 bits per heavy atom. The second kappa shape index (κ2) is 11.5. The van der Waals surface area contributed by atoms with Gasteiger partial charge < -0.3 is 19.1 Å². The van der Waals surface area contributed by atoms with Crippen LogP contribution in [-0.4, -0.2) is 81.9 Å². The van der Waals surface area contributed by atoms with Gasteiger partial charge in [-0.15, -0.1) is 5.10 Å². The molecular weight excluding hydrogens is 436 g/mol. The summed E-state index contributed by atoms with van der Waals surface area (Å²) in [6.45, 7) is 8.50. The van der Waals surface area contributed by atoms with Crippen molar-refractivity contribution in [3.05, 3.63) is 54.4 Å². The molecule has 0 N–H and O–H groups in total. The van der Waals surface area contributed by atoms with Gasteiger partial charge in [0.05, 0.1) is 25.4 Å². The quantitative estimate of drug-likeness (QED) is 0.449. The van der Waals surface area contributed by atoms with Gasteiger partial charge in [0, 0.05) is 26.2 Å². The average molecular weight is 467 g/mol. The van der Waals surface area contributed by atoms with Crippen LogP contribution in [0.15, 0.2) is 48.5 Å². The highest BCUT2D eigenvalue weighted by Gasteiger charge is 2.23. The first-order valence-corrected chi connectivity index (χ1v) is 11.5. The van der Waals surface area contributed by atoms with Crippen molar-refractivity contribution in [2.45, 2.75) is 20.4 Å². The summed E-state index contributed by atoms with van der Waals surface area (Å²) >= 11 is 0. The maximum Gasteiger partial charge on any atom is 0.260 e. The third kappa shape index (κ3) is 6.02. The van der Waals surface area contributed by atoms with Crippen molar-refractivity contribution in [1.82, 2.24) is 30.0 Å². The Labute approximate surface area is 199 Å². The Morgan fingerprint density at radius 1 is 0.824 bits per heavy atom. The largest absolute Gasteiger partial charge is 0.494 e. The van der Waals surface area contributed by atoms with Crippen LogP contribution in [0.1, 0.15) is 19.7 Å². The first kappa shape index (κ1) is 23.5. The van der Waals surface area contributed by atoms with Crippen molar-refractivity contribution in [2.24, 2.45) is 0 Å². The number of carbonyl (C=O) groups excluding carboxylic acids is 1. The van der Waals surface area contributed by atoms with Gasteiger partial charge in [-0.1, -0.05) is 0 Å². The van der Waals surface area contributed by atoms with Crippen molar-refractivity contribution >= 4 is 5.91 Å². The molecule has 0 radical (unpaired) electrons. The summed E-state index contributed by atoms with van der Waals surface area (Å²) in [4.78, 5) is 16.7. The van der Waals surface area contributed by atoms with Crippen LogP contribution >= 0.6 is 0 Å². The molecule has 0 unspecified atom stereocenters. The number of rotatable bonds is 10. The molecule has 1 amide bonds. The zero-order valence-corrected chi connectivity index (χ0v) is 19.6. The first-order chi connectivity index (χ1) is 16.7. The van der Waals surface area contributed by atoms with Crippen LogP contribution in [-0.2, 0) is 11.3 Å². The van der Waals surface area contributed by atoms with E-state index in [4.69, 9.17) is 14.2 Å². The highest BCUT2D eigenvalue weighted by Crippen LogP contribution is 2.18. The molecule has 0 atom stereocenters. The van der Waals surface area contributed by atoms with Gasteiger partial charge in [0.2, 0.25) is 0 Å². The predicted molar refractivity (Wildman–Crippen MR) is 125 cm³/mol. The van der Waals surface area contributed by atoms with Gasteiger partial charge in [-0.3, -0.25) is 9.69 Å². The minimum absolute atomic E-state index is 0.0178. The molecule has 0 aliphatic carbocycles. The number of hydrogen-bond acceptors (Lipinski definition) is 8. The van der Waals surface area contributed by atoms with E-state index in [9.17, 15) is 4.79 Å². The highest BCUT2D eigenvalue weighted by molar-refractivity contribution is 5.77. The van der Waals surface area contributed by atoms with Crippen molar-refractivity contribution < 1.29 is 19.0 Å². The molecule has 1 aliphatic rings. The van der Waals surface area contributed by atoms with E-state index in [0.717, 1.165) is 36.1 Å². The van der Waals surface area contributed by atoms with E-state index in [-0.39, 0.29) is 12.5 Å². The number of tetrazole rings is 1. The maximum atomic E-state index is 12.6. The molecule has 34 heavy (non-hydrogen) atoms. The van der Waals surface area contributed by atoms with E-state index in [1.54, 1.807) is 4.68 Å². The molecule has 1 saturated heterocycles. The summed E-state index contributed by atoms with van der Waals surface area (Å²) in [7, 11) is 0. The molecule has 1 fully saturated rings. The molecule has 4 rings (SSSR count). The second-order valence-electron chi connectivity index (χ2n) is 7.78. The molecular formula is C24H30N6O4. The lowest BCUT2D eigenvalue weighted by Gasteiger charge is -2.34. The van der Waals surface area contributed by atoms with Crippen molar-refractivity contribution in [3.63, 3.8) is 0 Å². The van der Waals surface area contributed by atoms with Gasteiger partial charge in [-0.25, -0.2) is 0 Å². The smallest absolute Gasteiger partial charge is 0.260 e. The van der Waals surface area contributed by atoms with Crippen molar-refractivity contribution in [3.8, 4) is 22.9 Å². The van der Waals surface area contributed by atoms with Crippen LogP contribution in [0, 0.1) is 0 Å². The minimum Gasteiger partial charge on any atom is -0.494 e. The Balaban J connectivity index is 1.25. The average Bonchev–Trinajstić information content (AvgIpc) is 3.33. The number of carbonyl (C=O) groups is 1. The van der Waals surface area contributed by atoms with Crippen LogP contribution in [0.2, 0.25) is 0 Å². The molecule has 1 aromatic heterocycles. The second-order valence-corrected chi connectivity index (χ2v) is 7.78. The number of hydrogen-bond donors (Lipinski definition) is 0. The molecule has 2 heterocycles. The summed E-state index contributed by atoms with van der Waals surface area (Å²) in [6, 6.07) is 15.0.